The molecular weight excluding hydrogens is 266 g/mol. The maximum Gasteiger partial charge on any atom is 0.254 e. The largest absolute Gasteiger partial charge is 0.392 e. The number of amides is 1. The van der Waals surface area contributed by atoms with E-state index in [2.05, 4.69) is 10.4 Å². The summed E-state index contributed by atoms with van der Waals surface area (Å²) in [6.07, 6.45) is 2.47. The lowest BCUT2D eigenvalue weighted by Gasteiger charge is -2.05. The van der Waals surface area contributed by atoms with Crippen LogP contribution >= 0.6 is 11.6 Å². The van der Waals surface area contributed by atoms with Crippen molar-refractivity contribution in [2.75, 3.05) is 6.54 Å². The van der Waals surface area contributed by atoms with Crippen LogP contribution in [0.2, 0.25) is 5.02 Å². The molecule has 0 bridgehead atoms. The van der Waals surface area contributed by atoms with Gasteiger partial charge in [-0.3, -0.25) is 4.79 Å². The molecule has 0 saturated heterocycles. The second kappa shape index (κ2) is 5.86. The molecule has 0 aliphatic carbocycles. The summed E-state index contributed by atoms with van der Waals surface area (Å²) in [7, 11) is 0. The molecule has 0 saturated carbocycles. The van der Waals surface area contributed by atoms with Gasteiger partial charge in [-0.2, -0.15) is 5.10 Å². The number of aromatic nitrogens is 2. The molecule has 6 heteroatoms. The number of rotatable bonds is 4. The molecule has 2 aromatic rings. The van der Waals surface area contributed by atoms with E-state index in [9.17, 15) is 4.79 Å². The van der Waals surface area contributed by atoms with E-state index >= 15 is 0 Å². The Morgan fingerprint density at radius 1 is 1.53 bits per heavy atom. The van der Waals surface area contributed by atoms with Crippen molar-refractivity contribution in [1.82, 2.24) is 15.1 Å². The summed E-state index contributed by atoms with van der Waals surface area (Å²) in [5.41, 5.74) is 1.12. The number of carbonyl (C=O) groups excluding carboxylic acids is 1. The molecule has 0 aliphatic heterocycles. The maximum atomic E-state index is 11.8. The van der Waals surface area contributed by atoms with E-state index in [1.54, 1.807) is 23.9 Å². The highest BCUT2D eigenvalue weighted by atomic mass is 35.5. The Morgan fingerprint density at radius 2 is 2.26 bits per heavy atom. The number of hydrogen-bond acceptors (Lipinski definition) is 3. The molecule has 2 N–H and O–H groups in total. The quantitative estimate of drug-likeness (QED) is 0.894. The summed E-state index contributed by atoms with van der Waals surface area (Å²) in [4.78, 5) is 11.8. The Bertz CT molecular complexity index is 581. The molecule has 1 amide bonds. The minimum absolute atomic E-state index is 0.204. The van der Waals surface area contributed by atoms with Crippen molar-refractivity contribution in [1.29, 1.82) is 0 Å². The third kappa shape index (κ3) is 3.33. The fraction of sp³-hybridized carbons (Fsp3) is 0.231. The second-order valence-electron chi connectivity index (χ2n) is 4.18. The number of halogens is 1. The normalized spacial score (nSPS) is 12.2. The lowest BCUT2D eigenvalue weighted by atomic mass is 10.3. The van der Waals surface area contributed by atoms with Crippen LogP contribution in [0.3, 0.4) is 0 Å². The van der Waals surface area contributed by atoms with Crippen molar-refractivity contribution in [3.8, 4) is 5.69 Å². The highest BCUT2D eigenvalue weighted by Gasteiger charge is 2.11. The van der Waals surface area contributed by atoms with Gasteiger partial charge in [0.2, 0.25) is 0 Å². The molecule has 1 aromatic carbocycles. The summed E-state index contributed by atoms with van der Waals surface area (Å²) >= 11 is 6.06. The van der Waals surface area contributed by atoms with E-state index in [-0.39, 0.29) is 12.5 Å². The zero-order valence-electron chi connectivity index (χ0n) is 10.4. The summed E-state index contributed by atoms with van der Waals surface area (Å²) < 4.78 is 1.54. The predicted octanol–water partition coefficient (Wildman–Crippen LogP) is 1.64. The third-order valence-electron chi connectivity index (χ3n) is 2.50. The zero-order chi connectivity index (χ0) is 13.8. The Kier molecular flexibility index (Phi) is 4.19. The average Bonchev–Trinajstić information content (AvgIpc) is 2.86. The van der Waals surface area contributed by atoms with Crippen LogP contribution in [0.4, 0.5) is 0 Å². The topological polar surface area (TPSA) is 67.2 Å². The van der Waals surface area contributed by atoms with Gasteiger partial charge < -0.3 is 10.4 Å². The molecule has 19 heavy (non-hydrogen) atoms. The smallest absolute Gasteiger partial charge is 0.254 e. The summed E-state index contributed by atoms with van der Waals surface area (Å²) in [5, 5.41) is 16.4. The van der Waals surface area contributed by atoms with Crippen molar-refractivity contribution in [2.45, 2.75) is 13.0 Å². The fourth-order valence-electron chi connectivity index (χ4n) is 1.55. The van der Waals surface area contributed by atoms with Crippen LogP contribution in [-0.2, 0) is 0 Å². The first-order chi connectivity index (χ1) is 9.08. The van der Waals surface area contributed by atoms with E-state index in [1.807, 2.05) is 18.2 Å². The van der Waals surface area contributed by atoms with Gasteiger partial charge in [-0.05, 0) is 19.1 Å². The molecule has 100 valence electrons. The standard InChI is InChI=1S/C13H14ClN3O2/c1-9(18)6-15-13(19)10-7-16-17(8-10)12-5-3-2-4-11(12)14/h2-5,7-9,18H,6H2,1H3,(H,15,19). The molecule has 0 aliphatic rings. The van der Waals surface area contributed by atoms with Gasteiger partial charge in [-0.1, -0.05) is 23.7 Å². The van der Waals surface area contributed by atoms with E-state index in [1.165, 1.54) is 6.20 Å². The first kappa shape index (κ1) is 13.6. The highest BCUT2D eigenvalue weighted by Crippen LogP contribution is 2.19. The van der Waals surface area contributed by atoms with Gasteiger partial charge >= 0.3 is 0 Å². The monoisotopic (exact) mass is 279 g/mol. The molecule has 0 fully saturated rings. The van der Waals surface area contributed by atoms with Crippen LogP contribution in [0.1, 0.15) is 17.3 Å². The molecule has 1 aromatic heterocycles. The lowest BCUT2D eigenvalue weighted by Crippen LogP contribution is -2.30. The van der Waals surface area contributed by atoms with Crippen LogP contribution in [0.25, 0.3) is 5.69 Å². The first-order valence-corrected chi connectivity index (χ1v) is 6.21. The number of hydrogen-bond donors (Lipinski definition) is 2. The Morgan fingerprint density at radius 3 is 2.95 bits per heavy atom. The molecule has 1 atom stereocenters. The second-order valence-corrected chi connectivity index (χ2v) is 4.59. The summed E-state index contributed by atoms with van der Waals surface area (Å²) in [6.45, 7) is 1.81. The van der Waals surface area contributed by atoms with Crippen LogP contribution in [0.5, 0.6) is 0 Å². The van der Waals surface area contributed by atoms with E-state index in [0.717, 1.165) is 0 Å². The third-order valence-corrected chi connectivity index (χ3v) is 2.82. The summed E-state index contributed by atoms with van der Waals surface area (Å²) in [5.74, 6) is -0.279. The van der Waals surface area contributed by atoms with E-state index < -0.39 is 6.10 Å². The Labute approximate surface area is 115 Å². The molecule has 0 spiro atoms. The van der Waals surface area contributed by atoms with Gasteiger partial charge in [0.15, 0.2) is 0 Å². The fourth-order valence-corrected chi connectivity index (χ4v) is 1.77. The predicted molar refractivity (Wildman–Crippen MR) is 72.6 cm³/mol. The number of aliphatic hydroxyl groups excluding tert-OH is 1. The molecule has 0 radical (unpaired) electrons. The molecule has 1 unspecified atom stereocenters. The van der Waals surface area contributed by atoms with Crippen molar-refractivity contribution < 1.29 is 9.90 Å². The molecular formula is C13H14ClN3O2. The highest BCUT2D eigenvalue weighted by molar-refractivity contribution is 6.32. The number of aliphatic hydroxyl groups is 1. The van der Waals surface area contributed by atoms with Gasteiger partial charge in [0, 0.05) is 12.7 Å². The van der Waals surface area contributed by atoms with Crippen molar-refractivity contribution >= 4 is 17.5 Å². The summed E-state index contributed by atoms with van der Waals surface area (Å²) in [6, 6.07) is 7.24. The number of para-hydroxylation sites is 1. The maximum absolute atomic E-state index is 11.8. The van der Waals surface area contributed by atoms with Gasteiger partial charge in [-0.25, -0.2) is 4.68 Å². The Hall–Kier alpha value is -1.85. The van der Waals surface area contributed by atoms with Gasteiger partial charge in [0.05, 0.1) is 28.6 Å². The van der Waals surface area contributed by atoms with Crippen molar-refractivity contribution in [3.63, 3.8) is 0 Å². The molecule has 2 rings (SSSR count). The van der Waals surface area contributed by atoms with Crippen LogP contribution in [-0.4, -0.2) is 33.4 Å². The van der Waals surface area contributed by atoms with Crippen molar-refractivity contribution in [2.24, 2.45) is 0 Å². The van der Waals surface area contributed by atoms with Gasteiger partial charge in [0.25, 0.3) is 5.91 Å². The number of nitrogens with zero attached hydrogens (tertiary/aromatic N) is 2. The Balaban J connectivity index is 2.15. The zero-order valence-corrected chi connectivity index (χ0v) is 11.1. The van der Waals surface area contributed by atoms with Crippen molar-refractivity contribution in [3.05, 3.63) is 47.2 Å². The number of carbonyl (C=O) groups is 1. The number of benzene rings is 1. The minimum Gasteiger partial charge on any atom is -0.392 e. The SMILES string of the molecule is CC(O)CNC(=O)c1cnn(-c2ccccc2Cl)c1. The molecule has 1 heterocycles. The van der Waals surface area contributed by atoms with Crippen LogP contribution in [0.15, 0.2) is 36.7 Å². The van der Waals surface area contributed by atoms with Gasteiger partial charge in [-0.15, -0.1) is 0 Å². The van der Waals surface area contributed by atoms with E-state index in [4.69, 9.17) is 16.7 Å². The van der Waals surface area contributed by atoms with Gasteiger partial charge in [0.1, 0.15) is 0 Å². The number of nitrogens with one attached hydrogen (secondary N) is 1. The van der Waals surface area contributed by atoms with E-state index in [0.29, 0.717) is 16.3 Å². The van der Waals surface area contributed by atoms with Crippen LogP contribution < -0.4 is 5.32 Å². The minimum atomic E-state index is -0.581. The lowest BCUT2D eigenvalue weighted by molar-refractivity contribution is 0.0924. The molecule has 5 nitrogen and oxygen atoms in total. The van der Waals surface area contributed by atoms with Crippen LogP contribution in [0, 0.1) is 0 Å². The average molecular weight is 280 g/mol. The first-order valence-electron chi connectivity index (χ1n) is 5.84.